The molecule has 2 aromatic heterocycles. The first-order chi connectivity index (χ1) is 7.74. The number of nitrogens with zero attached hydrogens (tertiary/aromatic N) is 2. The largest absolute Gasteiger partial charge is 0.327 e. The molecule has 82 valence electrons. The SMILES string of the molecule is O=c1[nH]c(=O)c2nc3c(nc2[nH]1)CCCC3. The zero-order valence-electron chi connectivity index (χ0n) is 8.54. The van der Waals surface area contributed by atoms with Gasteiger partial charge < -0.3 is 0 Å². The molecule has 0 saturated carbocycles. The summed E-state index contributed by atoms with van der Waals surface area (Å²) in [6.45, 7) is 0. The highest BCUT2D eigenvalue weighted by molar-refractivity contribution is 5.68. The highest BCUT2D eigenvalue weighted by Gasteiger charge is 2.15. The molecule has 0 saturated heterocycles. The number of hydrogen-bond acceptors (Lipinski definition) is 4. The summed E-state index contributed by atoms with van der Waals surface area (Å²) in [5.41, 5.74) is 1.29. The Morgan fingerprint density at radius 1 is 0.938 bits per heavy atom. The third kappa shape index (κ3) is 1.34. The van der Waals surface area contributed by atoms with Gasteiger partial charge in [0.25, 0.3) is 5.56 Å². The second kappa shape index (κ2) is 3.26. The fourth-order valence-corrected chi connectivity index (χ4v) is 2.04. The first-order valence-electron chi connectivity index (χ1n) is 5.26. The van der Waals surface area contributed by atoms with E-state index in [9.17, 15) is 9.59 Å². The van der Waals surface area contributed by atoms with Crippen LogP contribution in [0.5, 0.6) is 0 Å². The molecule has 0 aromatic carbocycles. The summed E-state index contributed by atoms with van der Waals surface area (Å²) in [5, 5.41) is 0. The summed E-state index contributed by atoms with van der Waals surface area (Å²) in [5.74, 6) is 0. The van der Waals surface area contributed by atoms with E-state index in [1.165, 1.54) is 0 Å². The van der Waals surface area contributed by atoms with Gasteiger partial charge in [-0.1, -0.05) is 0 Å². The van der Waals surface area contributed by atoms with E-state index in [1.54, 1.807) is 0 Å². The Balaban J connectivity index is 2.40. The Morgan fingerprint density at radius 3 is 2.38 bits per heavy atom. The minimum Gasteiger partial charge on any atom is -0.290 e. The molecule has 0 fully saturated rings. The summed E-state index contributed by atoms with van der Waals surface area (Å²) in [7, 11) is 0. The molecule has 0 amide bonds. The monoisotopic (exact) mass is 218 g/mol. The molecule has 2 N–H and O–H groups in total. The topological polar surface area (TPSA) is 91.5 Å². The minimum atomic E-state index is -0.539. The highest BCUT2D eigenvalue weighted by Crippen LogP contribution is 2.18. The van der Waals surface area contributed by atoms with Gasteiger partial charge in [0.2, 0.25) is 0 Å². The first kappa shape index (κ1) is 9.26. The summed E-state index contributed by atoms with van der Waals surface area (Å²) in [4.78, 5) is 35.8. The zero-order valence-corrected chi connectivity index (χ0v) is 8.54. The number of rotatable bonds is 0. The average molecular weight is 218 g/mol. The molecule has 6 nitrogen and oxygen atoms in total. The molecule has 2 aromatic rings. The van der Waals surface area contributed by atoms with E-state index >= 15 is 0 Å². The van der Waals surface area contributed by atoms with Gasteiger partial charge in [0, 0.05) is 0 Å². The van der Waals surface area contributed by atoms with Crippen LogP contribution in [0.15, 0.2) is 9.59 Å². The van der Waals surface area contributed by atoms with Gasteiger partial charge in [-0.3, -0.25) is 14.8 Å². The minimum absolute atomic E-state index is 0.222. The van der Waals surface area contributed by atoms with Crippen LogP contribution in [0.3, 0.4) is 0 Å². The molecule has 0 bridgehead atoms. The number of nitrogens with one attached hydrogen (secondary N) is 2. The fraction of sp³-hybridized carbons (Fsp3) is 0.400. The highest BCUT2D eigenvalue weighted by atomic mass is 16.2. The van der Waals surface area contributed by atoms with Crippen molar-refractivity contribution in [1.29, 1.82) is 0 Å². The van der Waals surface area contributed by atoms with Gasteiger partial charge in [0.15, 0.2) is 11.2 Å². The van der Waals surface area contributed by atoms with Gasteiger partial charge in [-0.15, -0.1) is 0 Å². The lowest BCUT2D eigenvalue weighted by Crippen LogP contribution is -2.24. The van der Waals surface area contributed by atoms with E-state index in [1.807, 2.05) is 0 Å². The molecule has 0 radical (unpaired) electrons. The normalized spacial score (nSPS) is 15.0. The maximum absolute atomic E-state index is 11.5. The van der Waals surface area contributed by atoms with Crippen molar-refractivity contribution in [3.63, 3.8) is 0 Å². The van der Waals surface area contributed by atoms with E-state index in [0.717, 1.165) is 37.1 Å². The standard InChI is InChI=1S/C10H10N4O2/c15-9-7-8(13-10(16)14-9)12-6-4-2-1-3-5(6)11-7/h1-4H2,(H2,12,13,14,15,16). The quantitative estimate of drug-likeness (QED) is 0.645. The van der Waals surface area contributed by atoms with Crippen LogP contribution >= 0.6 is 0 Å². The average Bonchev–Trinajstić information content (AvgIpc) is 2.27. The van der Waals surface area contributed by atoms with Crippen molar-refractivity contribution in [3.05, 3.63) is 32.2 Å². The van der Waals surface area contributed by atoms with Gasteiger partial charge in [-0.25, -0.2) is 14.8 Å². The van der Waals surface area contributed by atoms with Crippen molar-refractivity contribution in [1.82, 2.24) is 19.9 Å². The molecule has 3 rings (SSSR count). The number of aryl methyl sites for hydroxylation is 2. The maximum Gasteiger partial charge on any atom is 0.327 e. The van der Waals surface area contributed by atoms with E-state index in [2.05, 4.69) is 19.9 Å². The Morgan fingerprint density at radius 2 is 1.62 bits per heavy atom. The molecule has 0 aliphatic heterocycles. The Labute approximate surface area is 89.8 Å². The molecule has 6 heteroatoms. The van der Waals surface area contributed by atoms with Crippen LogP contribution < -0.4 is 11.2 Å². The molecular weight excluding hydrogens is 208 g/mol. The van der Waals surface area contributed by atoms with Crippen LogP contribution in [0.2, 0.25) is 0 Å². The first-order valence-corrected chi connectivity index (χ1v) is 5.26. The van der Waals surface area contributed by atoms with E-state index in [4.69, 9.17) is 0 Å². The molecule has 0 unspecified atom stereocenters. The summed E-state index contributed by atoms with van der Waals surface area (Å²) < 4.78 is 0. The van der Waals surface area contributed by atoms with Gasteiger partial charge in [-0.2, -0.15) is 0 Å². The predicted octanol–water partition coefficient (Wildman–Crippen LogP) is -0.115. The van der Waals surface area contributed by atoms with Crippen molar-refractivity contribution in [2.45, 2.75) is 25.7 Å². The van der Waals surface area contributed by atoms with Crippen LogP contribution in [-0.2, 0) is 12.8 Å². The van der Waals surface area contributed by atoms with Crippen LogP contribution in [0.4, 0.5) is 0 Å². The van der Waals surface area contributed by atoms with E-state index in [0.29, 0.717) is 0 Å². The molecule has 0 spiro atoms. The van der Waals surface area contributed by atoms with Gasteiger partial charge >= 0.3 is 5.69 Å². The number of aromatic nitrogens is 4. The number of fused-ring (bicyclic) bond motifs is 2. The molecule has 0 atom stereocenters. The summed E-state index contributed by atoms with van der Waals surface area (Å²) in [6.07, 6.45) is 3.89. The van der Waals surface area contributed by atoms with Crippen LogP contribution in [0, 0.1) is 0 Å². The van der Waals surface area contributed by atoms with Crippen molar-refractivity contribution in [2.24, 2.45) is 0 Å². The molecule has 1 aliphatic carbocycles. The van der Waals surface area contributed by atoms with Gasteiger partial charge in [0.05, 0.1) is 11.4 Å². The lowest BCUT2D eigenvalue weighted by Gasteiger charge is -2.13. The Bertz CT molecular complexity index is 671. The fourth-order valence-electron chi connectivity index (χ4n) is 2.04. The Hall–Kier alpha value is -1.98. The molecular formula is C10H10N4O2. The molecule has 16 heavy (non-hydrogen) atoms. The maximum atomic E-state index is 11.5. The number of hydrogen-bond donors (Lipinski definition) is 2. The summed E-state index contributed by atoms with van der Waals surface area (Å²) in [6, 6.07) is 0. The smallest absolute Gasteiger partial charge is 0.290 e. The van der Waals surface area contributed by atoms with E-state index < -0.39 is 11.2 Å². The van der Waals surface area contributed by atoms with Crippen LogP contribution in [0.25, 0.3) is 11.2 Å². The van der Waals surface area contributed by atoms with Gasteiger partial charge in [-0.05, 0) is 25.7 Å². The van der Waals surface area contributed by atoms with Crippen LogP contribution in [-0.4, -0.2) is 19.9 Å². The summed E-state index contributed by atoms with van der Waals surface area (Å²) >= 11 is 0. The van der Waals surface area contributed by atoms with Crippen molar-refractivity contribution < 1.29 is 0 Å². The molecule has 1 aliphatic rings. The van der Waals surface area contributed by atoms with Crippen molar-refractivity contribution >= 4 is 11.2 Å². The predicted molar refractivity (Wildman–Crippen MR) is 57.4 cm³/mol. The third-order valence-corrected chi connectivity index (χ3v) is 2.80. The van der Waals surface area contributed by atoms with Gasteiger partial charge in [0.1, 0.15) is 0 Å². The lowest BCUT2D eigenvalue weighted by molar-refractivity contribution is 0.653. The van der Waals surface area contributed by atoms with E-state index in [-0.39, 0.29) is 11.2 Å². The second-order valence-electron chi connectivity index (χ2n) is 3.93. The van der Waals surface area contributed by atoms with Crippen molar-refractivity contribution in [2.75, 3.05) is 0 Å². The second-order valence-corrected chi connectivity index (χ2v) is 3.93. The Kier molecular flexibility index (Phi) is 1.89. The van der Waals surface area contributed by atoms with Crippen molar-refractivity contribution in [3.8, 4) is 0 Å². The number of aromatic amines is 2. The number of H-pyrrole nitrogens is 2. The molecule has 2 heterocycles. The zero-order chi connectivity index (χ0) is 11.1. The van der Waals surface area contributed by atoms with Crippen LogP contribution in [0.1, 0.15) is 24.2 Å². The lowest BCUT2D eigenvalue weighted by atomic mass is 10.0. The third-order valence-electron chi connectivity index (χ3n) is 2.80.